The number of hydrogen-bond donors (Lipinski definition) is 3. The predicted octanol–water partition coefficient (Wildman–Crippen LogP) is 3.42. The SMILES string of the molecule is COCCOc1cccc(NCC(=O)Nc2cccc(NC(=O)C3CC3)c2C)c1. The zero-order valence-electron chi connectivity index (χ0n) is 16.8. The molecule has 29 heavy (non-hydrogen) atoms. The van der Waals surface area contributed by atoms with Crippen LogP contribution in [0.5, 0.6) is 5.75 Å². The Balaban J connectivity index is 1.53. The van der Waals surface area contributed by atoms with Gasteiger partial charge in [-0.05, 0) is 49.6 Å². The quantitative estimate of drug-likeness (QED) is 0.535. The molecule has 1 fully saturated rings. The average molecular weight is 397 g/mol. The van der Waals surface area contributed by atoms with Crippen LogP contribution >= 0.6 is 0 Å². The molecule has 0 spiro atoms. The van der Waals surface area contributed by atoms with Crippen LogP contribution in [-0.2, 0) is 14.3 Å². The van der Waals surface area contributed by atoms with E-state index in [1.807, 2.05) is 49.4 Å². The normalized spacial score (nSPS) is 12.9. The highest BCUT2D eigenvalue weighted by molar-refractivity contribution is 5.98. The van der Waals surface area contributed by atoms with Crippen LogP contribution in [0.2, 0.25) is 0 Å². The van der Waals surface area contributed by atoms with Crippen molar-refractivity contribution in [3.8, 4) is 5.75 Å². The number of benzene rings is 2. The van der Waals surface area contributed by atoms with E-state index < -0.39 is 0 Å². The first-order chi connectivity index (χ1) is 14.1. The van der Waals surface area contributed by atoms with Gasteiger partial charge in [-0.25, -0.2) is 0 Å². The van der Waals surface area contributed by atoms with Crippen molar-refractivity contribution in [2.75, 3.05) is 42.8 Å². The number of amides is 2. The van der Waals surface area contributed by atoms with E-state index in [-0.39, 0.29) is 24.3 Å². The lowest BCUT2D eigenvalue weighted by atomic mass is 10.1. The Kier molecular flexibility index (Phi) is 7.08. The van der Waals surface area contributed by atoms with E-state index in [4.69, 9.17) is 9.47 Å². The van der Waals surface area contributed by atoms with Gasteiger partial charge in [0.2, 0.25) is 11.8 Å². The van der Waals surface area contributed by atoms with Crippen LogP contribution < -0.4 is 20.7 Å². The van der Waals surface area contributed by atoms with Gasteiger partial charge in [-0.1, -0.05) is 12.1 Å². The number of nitrogens with one attached hydrogen (secondary N) is 3. The van der Waals surface area contributed by atoms with Crippen LogP contribution in [0.1, 0.15) is 18.4 Å². The average Bonchev–Trinajstić information content (AvgIpc) is 3.55. The summed E-state index contributed by atoms with van der Waals surface area (Å²) in [7, 11) is 1.62. The molecular weight excluding hydrogens is 370 g/mol. The van der Waals surface area contributed by atoms with E-state index in [0.717, 1.165) is 29.8 Å². The van der Waals surface area contributed by atoms with Crippen LogP contribution in [0, 0.1) is 12.8 Å². The molecule has 1 aliphatic carbocycles. The zero-order chi connectivity index (χ0) is 20.6. The summed E-state index contributed by atoms with van der Waals surface area (Å²) in [6.07, 6.45) is 1.90. The van der Waals surface area contributed by atoms with Crippen LogP contribution in [0.3, 0.4) is 0 Å². The summed E-state index contributed by atoms with van der Waals surface area (Å²) in [5.41, 5.74) is 3.04. The number of hydrogen-bond acceptors (Lipinski definition) is 5. The third-order valence-corrected chi connectivity index (χ3v) is 4.66. The smallest absolute Gasteiger partial charge is 0.243 e. The van der Waals surface area contributed by atoms with Gasteiger partial charge < -0.3 is 25.4 Å². The molecule has 1 aliphatic rings. The minimum Gasteiger partial charge on any atom is -0.491 e. The fourth-order valence-electron chi connectivity index (χ4n) is 2.80. The molecule has 154 valence electrons. The molecule has 2 aromatic carbocycles. The molecule has 0 unspecified atom stereocenters. The largest absolute Gasteiger partial charge is 0.491 e. The fourth-order valence-corrected chi connectivity index (χ4v) is 2.80. The van der Waals surface area contributed by atoms with E-state index in [1.165, 1.54) is 0 Å². The molecule has 7 nitrogen and oxygen atoms in total. The molecule has 0 heterocycles. The highest BCUT2D eigenvalue weighted by Crippen LogP contribution is 2.31. The summed E-state index contributed by atoms with van der Waals surface area (Å²) < 4.78 is 10.5. The Labute approximate surface area is 170 Å². The van der Waals surface area contributed by atoms with Gasteiger partial charge in [0.15, 0.2) is 0 Å². The fraction of sp³-hybridized carbons (Fsp3) is 0.364. The van der Waals surface area contributed by atoms with Gasteiger partial charge >= 0.3 is 0 Å². The Morgan fingerprint density at radius 3 is 2.48 bits per heavy atom. The lowest BCUT2D eigenvalue weighted by Gasteiger charge is -2.14. The van der Waals surface area contributed by atoms with Crippen molar-refractivity contribution in [2.24, 2.45) is 5.92 Å². The standard InChI is InChI=1S/C22H27N3O4/c1-15-19(7-4-8-20(15)25-22(27)16-9-10-16)24-21(26)14-23-17-5-3-6-18(13-17)29-12-11-28-2/h3-8,13,16,23H,9-12,14H2,1-2H3,(H,24,26)(H,25,27). The number of carbonyl (C=O) groups excluding carboxylic acids is 2. The van der Waals surface area contributed by atoms with Crippen LogP contribution in [-0.4, -0.2) is 38.7 Å². The van der Waals surface area contributed by atoms with E-state index in [1.54, 1.807) is 7.11 Å². The van der Waals surface area contributed by atoms with Gasteiger partial charge in [0, 0.05) is 36.2 Å². The molecule has 2 amide bonds. The monoisotopic (exact) mass is 397 g/mol. The number of methoxy groups -OCH3 is 1. The molecule has 1 saturated carbocycles. The lowest BCUT2D eigenvalue weighted by molar-refractivity contribution is -0.117. The Bertz CT molecular complexity index is 865. The third-order valence-electron chi connectivity index (χ3n) is 4.66. The summed E-state index contributed by atoms with van der Waals surface area (Å²) >= 11 is 0. The number of rotatable bonds is 10. The highest BCUT2D eigenvalue weighted by Gasteiger charge is 2.29. The van der Waals surface area contributed by atoms with Crippen molar-refractivity contribution in [1.29, 1.82) is 0 Å². The van der Waals surface area contributed by atoms with E-state index in [9.17, 15) is 9.59 Å². The van der Waals surface area contributed by atoms with Crippen LogP contribution in [0.15, 0.2) is 42.5 Å². The molecule has 0 radical (unpaired) electrons. The molecule has 0 atom stereocenters. The predicted molar refractivity (Wildman–Crippen MR) is 113 cm³/mol. The maximum absolute atomic E-state index is 12.4. The second-order valence-corrected chi connectivity index (χ2v) is 7.01. The Morgan fingerprint density at radius 2 is 1.76 bits per heavy atom. The van der Waals surface area contributed by atoms with E-state index in [0.29, 0.717) is 24.7 Å². The third kappa shape index (κ3) is 6.22. The first-order valence-corrected chi connectivity index (χ1v) is 9.73. The molecule has 0 saturated heterocycles. The van der Waals surface area contributed by atoms with Gasteiger partial charge in [-0.2, -0.15) is 0 Å². The maximum Gasteiger partial charge on any atom is 0.243 e. The number of carbonyl (C=O) groups is 2. The van der Waals surface area contributed by atoms with Gasteiger partial charge in [-0.15, -0.1) is 0 Å². The maximum atomic E-state index is 12.4. The summed E-state index contributed by atoms with van der Waals surface area (Å²) in [5.74, 6) is 0.712. The first kappa shape index (κ1) is 20.7. The molecule has 3 rings (SSSR count). The Morgan fingerprint density at radius 1 is 1.03 bits per heavy atom. The van der Waals surface area contributed by atoms with Crippen molar-refractivity contribution in [1.82, 2.24) is 0 Å². The summed E-state index contributed by atoms with van der Waals surface area (Å²) in [6, 6.07) is 12.9. The first-order valence-electron chi connectivity index (χ1n) is 9.73. The minimum absolute atomic E-state index is 0.0471. The van der Waals surface area contributed by atoms with Crippen LogP contribution in [0.4, 0.5) is 17.1 Å². The van der Waals surface area contributed by atoms with Crippen molar-refractivity contribution in [3.63, 3.8) is 0 Å². The van der Waals surface area contributed by atoms with Gasteiger partial charge in [0.05, 0.1) is 13.2 Å². The molecule has 0 aromatic heterocycles. The zero-order valence-corrected chi connectivity index (χ0v) is 16.8. The van der Waals surface area contributed by atoms with Crippen molar-refractivity contribution in [2.45, 2.75) is 19.8 Å². The number of anilines is 3. The van der Waals surface area contributed by atoms with Crippen LogP contribution in [0.25, 0.3) is 0 Å². The minimum atomic E-state index is -0.176. The lowest BCUT2D eigenvalue weighted by Crippen LogP contribution is -2.22. The molecular formula is C22H27N3O4. The van der Waals surface area contributed by atoms with Crippen molar-refractivity contribution in [3.05, 3.63) is 48.0 Å². The van der Waals surface area contributed by atoms with E-state index in [2.05, 4.69) is 16.0 Å². The topological polar surface area (TPSA) is 88.7 Å². The molecule has 0 bridgehead atoms. The van der Waals surface area contributed by atoms with Crippen molar-refractivity contribution >= 4 is 28.9 Å². The van der Waals surface area contributed by atoms with E-state index >= 15 is 0 Å². The molecule has 0 aliphatic heterocycles. The molecule has 2 aromatic rings. The van der Waals surface area contributed by atoms with Gasteiger partial charge in [0.1, 0.15) is 12.4 Å². The second kappa shape index (κ2) is 9.93. The summed E-state index contributed by atoms with van der Waals surface area (Å²) in [4.78, 5) is 24.4. The number of ether oxygens (including phenoxy) is 2. The summed E-state index contributed by atoms with van der Waals surface area (Å²) in [5, 5.41) is 8.93. The molecule has 3 N–H and O–H groups in total. The Hall–Kier alpha value is -3.06. The second-order valence-electron chi connectivity index (χ2n) is 7.01. The van der Waals surface area contributed by atoms with Gasteiger partial charge in [-0.3, -0.25) is 9.59 Å². The molecule has 7 heteroatoms. The van der Waals surface area contributed by atoms with Gasteiger partial charge in [0.25, 0.3) is 0 Å². The van der Waals surface area contributed by atoms with Crippen molar-refractivity contribution < 1.29 is 19.1 Å². The highest BCUT2D eigenvalue weighted by atomic mass is 16.5. The summed E-state index contributed by atoms with van der Waals surface area (Å²) in [6.45, 7) is 2.97.